The van der Waals surface area contributed by atoms with Crippen molar-refractivity contribution in [3.8, 4) is 11.3 Å². The predicted octanol–water partition coefficient (Wildman–Crippen LogP) is 2.58. The van der Waals surface area contributed by atoms with E-state index in [-0.39, 0.29) is 5.95 Å². The smallest absolute Gasteiger partial charge is 0.220 e. The van der Waals surface area contributed by atoms with Crippen molar-refractivity contribution < 1.29 is 0 Å². The Kier molecular flexibility index (Phi) is 2.41. The van der Waals surface area contributed by atoms with Crippen molar-refractivity contribution >= 4 is 16.9 Å². The Bertz CT molecular complexity index is 722. The molecule has 2 N–H and O–H groups in total. The number of nitrogens with zero attached hydrogens (tertiary/aromatic N) is 3. The zero-order chi connectivity index (χ0) is 12.5. The Hall–Kier alpha value is -2.49. The molecule has 0 fully saturated rings. The fourth-order valence-corrected chi connectivity index (χ4v) is 1.95. The molecule has 0 amide bonds. The number of anilines is 1. The van der Waals surface area contributed by atoms with Crippen molar-refractivity contribution in [2.75, 3.05) is 5.73 Å². The first-order chi connectivity index (χ1) is 8.74. The van der Waals surface area contributed by atoms with Gasteiger partial charge in [0, 0.05) is 23.3 Å². The molecule has 2 heterocycles. The molecule has 0 aliphatic heterocycles. The van der Waals surface area contributed by atoms with E-state index in [1.807, 2.05) is 37.4 Å². The third kappa shape index (κ3) is 1.78. The quantitative estimate of drug-likeness (QED) is 0.705. The lowest BCUT2D eigenvalue weighted by Crippen LogP contribution is -1.98. The SMILES string of the molecule is Cc1cnc(N)nc1-c1cnc2ccccc2c1. The van der Waals surface area contributed by atoms with Crippen molar-refractivity contribution in [2.24, 2.45) is 0 Å². The van der Waals surface area contributed by atoms with Gasteiger partial charge in [0.05, 0.1) is 11.2 Å². The summed E-state index contributed by atoms with van der Waals surface area (Å²) in [6.07, 6.45) is 3.55. The van der Waals surface area contributed by atoms with Crippen LogP contribution in [0.15, 0.2) is 42.7 Å². The van der Waals surface area contributed by atoms with Gasteiger partial charge in [-0.15, -0.1) is 0 Å². The molecule has 0 bridgehead atoms. The molecule has 0 saturated carbocycles. The average molecular weight is 236 g/mol. The van der Waals surface area contributed by atoms with Crippen LogP contribution >= 0.6 is 0 Å². The Morgan fingerprint density at radius 2 is 1.89 bits per heavy atom. The van der Waals surface area contributed by atoms with Crippen LogP contribution in [0.4, 0.5) is 5.95 Å². The highest BCUT2D eigenvalue weighted by molar-refractivity contribution is 5.83. The normalized spacial score (nSPS) is 10.7. The molecular weight excluding hydrogens is 224 g/mol. The number of rotatable bonds is 1. The number of hydrogen-bond donors (Lipinski definition) is 1. The van der Waals surface area contributed by atoms with Gasteiger partial charge in [-0.1, -0.05) is 18.2 Å². The Balaban J connectivity index is 2.22. The third-order valence-corrected chi connectivity index (χ3v) is 2.85. The van der Waals surface area contributed by atoms with Gasteiger partial charge >= 0.3 is 0 Å². The summed E-state index contributed by atoms with van der Waals surface area (Å²) in [7, 11) is 0. The van der Waals surface area contributed by atoms with Gasteiger partial charge < -0.3 is 5.73 Å². The Morgan fingerprint density at radius 1 is 1.06 bits per heavy atom. The number of aromatic nitrogens is 3. The van der Waals surface area contributed by atoms with E-state index in [4.69, 9.17) is 5.73 Å². The minimum Gasteiger partial charge on any atom is -0.368 e. The summed E-state index contributed by atoms with van der Waals surface area (Å²) in [6, 6.07) is 10.1. The molecule has 0 atom stereocenters. The molecule has 0 aliphatic rings. The monoisotopic (exact) mass is 236 g/mol. The van der Waals surface area contributed by atoms with Crippen molar-refractivity contribution in [1.29, 1.82) is 0 Å². The molecule has 1 aromatic carbocycles. The molecule has 4 nitrogen and oxygen atoms in total. The van der Waals surface area contributed by atoms with Crippen LogP contribution in [0.5, 0.6) is 0 Å². The van der Waals surface area contributed by atoms with Crippen LogP contribution in [-0.2, 0) is 0 Å². The van der Waals surface area contributed by atoms with E-state index in [0.717, 1.165) is 27.7 Å². The zero-order valence-electron chi connectivity index (χ0n) is 9.96. The Morgan fingerprint density at radius 3 is 2.78 bits per heavy atom. The second-order valence-electron chi connectivity index (χ2n) is 4.18. The fraction of sp³-hybridized carbons (Fsp3) is 0.0714. The van der Waals surface area contributed by atoms with E-state index in [2.05, 4.69) is 21.0 Å². The third-order valence-electron chi connectivity index (χ3n) is 2.85. The number of hydrogen-bond acceptors (Lipinski definition) is 4. The summed E-state index contributed by atoms with van der Waals surface area (Å²) >= 11 is 0. The molecule has 2 aromatic heterocycles. The zero-order valence-corrected chi connectivity index (χ0v) is 9.96. The van der Waals surface area contributed by atoms with E-state index >= 15 is 0 Å². The molecule has 0 radical (unpaired) electrons. The first-order valence-electron chi connectivity index (χ1n) is 5.68. The lowest BCUT2D eigenvalue weighted by atomic mass is 10.1. The second kappa shape index (κ2) is 4.07. The van der Waals surface area contributed by atoms with Crippen LogP contribution in [0.25, 0.3) is 22.2 Å². The second-order valence-corrected chi connectivity index (χ2v) is 4.18. The van der Waals surface area contributed by atoms with Crippen molar-refractivity contribution in [3.05, 3.63) is 48.3 Å². The van der Waals surface area contributed by atoms with Crippen LogP contribution < -0.4 is 5.73 Å². The number of fused-ring (bicyclic) bond motifs is 1. The van der Waals surface area contributed by atoms with Crippen LogP contribution in [0.3, 0.4) is 0 Å². The predicted molar refractivity (Wildman–Crippen MR) is 71.9 cm³/mol. The molecule has 0 spiro atoms. The minimum atomic E-state index is 0.281. The Labute approximate surface area is 105 Å². The highest BCUT2D eigenvalue weighted by Gasteiger charge is 2.06. The largest absolute Gasteiger partial charge is 0.368 e. The maximum absolute atomic E-state index is 5.63. The molecule has 0 aliphatic carbocycles. The van der Waals surface area contributed by atoms with Crippen LogP contribution in [0.1, 0.15) is 5.56 Å². The standard InChI is InChI=1S/C14H12N4/c1-9-7-17-14(15)18-13(9)11-6-10-4-2-3-5-12(10)16-8-11/h2-8H,1H3,(H2,15,17,18). The lowest BCUT2D eigenvalue weighted by molar-refractivity contribution is 1.15. The van der Waals surface area contributed by atoms with Gasteiger partial charge in [-0.2, -0.15) is 0 Å². The maximum Gasteiger partial charge on any atom is 0.220 e. The van der Waals surface area contributed by atoms with Gasteiger partial charge in [0.2, 0.25) is 5.95 Å². The van der Waals surface area contributed by atoms with E-state index in [9.17, 15) is 0 Å². The van der Waals surface area contributed by atoms with Crippen molar-refractivity contribution in [1.82, 2.24) is 15.0 Å². The average Bonchev–Trinajstić information content (AvgIpc) is 2.41. The van der Waals surface area contributed by atoms with E-state index < -0.39 is 0 Å². The molecule has 3 rings (SSSR count). The van der Waals surface area contributed by atoms with E-state index in [0.29, 0.717) is 0 Å². The highest BCUT2D eigenvalue weighted by Crippen LogP contribution is 2.23. The first kappa shape index (κ1) is 10.7. The van der Waals surface area contributed by atoms with Crippen molar-refractivity contribution in [3.63, 3.8) is 0 Å². The number of nitrogen functional groups attached to an aromatic ring is 1. The lowest BCUT2D eigenvalue weighted by Gasteiger charge is -2.06. The maximum atomic E-state index is 5.63. The van der Waals surface area contributed by atoms with Gasteiger partial charge in [-0.3, -0.25) is 4.98 Å². The number of para-hydroxylation sites is 1. The molecule has 4 heteroatoms. The van der Waals surface area contributed by atoms with Crippen LogP contribution in [0, 0.1) is 6.92 Å². The molecule has 3 aromatic rings. The van der Waals surface area contributed by atoms with Crippen LogP contribution in [0.2, 0.25) is 0 Å². The molecule has 18 heavy (non-hydrogen) atoms. The minimum absolute atomic E-state index is 0.281. The fourth-order valence-electron chi connectivity index (χ4n) is 1.95. The summed E-state index contributed by atoms with van der Waals surface area (Å²) in [5.74, 6) is 0.281. The number of nitrogens with two attached hydrogens (primary N) is 1. The van der Waals surface area contributed by atoms with Gasteiger partial charge in [0.25, 0.3) is 0 Å². The first-order valence-corrected chi connectivity index (χ1v) is 5.68. The van der Waals surface area contributed by atoms with Gasteiger partial charge in [0.1, 0.15) is 0 Å². The number of aryl methyl sites for hydroxylation is 1. The summed E-state index contributed by atoms with van der Waals surface area (Å²) in [4.78, 5) is 12.7. The molecule has 88 valence electrons. The summed E-state index contributed by atoms with van der Waals surface area (Å²) < 4.78 is 0. The summed E-state index contributed by atoms with van der Waals surface area (Å²) in [6.45, 7) is 1.96. The number of pyridine rings is 1. The molecule has 0 saturated heterocycles. The highest BCUT2D eigenvalue weighted by atomic mass is 15.0. The van der Waals surface area contributed by atoms with Crippen LogP contribution in [-0.4, -0.2) is 15.0 Å². The molecular formula is C14H12N4. The van der Waals surface area contributed by atoms with Gasteiger partial charge in [-0.05, 0) is 24.6 Å². The summed E-state index contributed by atoms with van der Waals surface area (Å²) in [5, 5.41) is 1.09. The van der Waals surface area contributed by atoms with Gasteiger partial charge in [-0.25, -0.2) is 9.97 Å². The molecule has 0 unspecified atom stereocenters. The van der Waals surface area contributed by atoms with E-state index in [1.54, 1.807) is 6.20 Å². The van der Waals surface area contributed by atoms with Gasteiger partial charge in [0.15, 0.2) is 0 Å². The number of benzene rings is 1. The summed E-state index contributed by atoms with van der Waals surface area (Å²) in [5.41, 5.74) is 9.39. The topological polar surface area (TPSA) is 64.7 Å². The van der Waals surface area contributed by atoms with E-state index in [1.165, 1.54) is 0 Å². The van der Waals surface area contributed by atoms with Crippen molar-refractivity contribution in [2.45, 2.75) is 6.92 Å².